The molecule has 2 N–H and O–H groups in total. The number of carbonyl (C=O) groups is 1. The first-order valence-corrected chi connectivity index (χ1v) is 11.9. The number of hydrogen-bond donors (Lipinski definition) is 2. The molecule has 1 aliphatic heterocycles. The lowest BCUT2D eigenvalue weighted by atomic mass is 9.70. The Kier molecular flexibility index (Phi) is 6.06. The summed E-state index contributed by atoms with van der Waals surface area (Å²) in [6.45, 7) is 5.94. The topological polar surface area (TPSA) is 83.2 Å². The molecule has 0 spiro atoms. The SMILES string of the molecule is CN(C(=O)COC1C[B]CCOC1)c1ccc2cc(-c3n[nH]c4c3CCC(C)(C)C4)[nH]c2c1. The van der Waals surface area contributed by atoms with Gasteiger partial charge in [0.1, 0.15) is 19.6 Å². The number of anilines is 1. The maximum absolute atomic E-state index is 12.7. The van der Waals surface area contributed by atoms with Crippen LogP contribution in [0.25, 0.3) is 22.3 Å². The van der Waals surface area contributed by atoms with Gasteiger partial charge in [-0.25, -0.2) is 0 Å². The number of H-pyrrole nitrogens is 2. The lowest BCUT2D eigenvalue weighted by Crippen LogP contribution is -2.32. The van der Waals surface area contributed by atoms with Crippen molar-refractivity contribution in [3.8, 4) is 11.4 Å². The van der Waals surface area contributed by atoms with Crippen molar-refractivity contribution in [3.63, 3.8) is 0 Å². The number of aromatic amines is 2. The summed E-state index contributed by atoms with van der Waals surface area (Å²) in [7, 11) is 3.96. The Morgan fingerprint density at radius 1 is 1.36 bits per heavy atom. The molecule has 1 atom stereocenters. The number of fused-ring (bicyclic) bond motifs is 2. The molecule has 5 rings (SSSR count). The molecule has 2 aliphatic rings. The van der Waals surface area contributed by atoms with Gasteiger partial charge in [-0.2, -0.15) is 5.10 Å². The van der Waals surface area contributed by atoms with Gasteiger partial charge in [0.05, 0.1) is 18.4 Å². The summed E-state index contributed by atoms with van der Waals surface area (Å²) in [5, 5.41) is 9.01. The van der Waals surface area contributed by atoms with Crippen LogP contribution in [0.2, 0.25) is 12.6 Å². The summed E-state index contributed by atoms with van der Waals surface area (Å²) < 4.78 is 11.3. The van der Waals surface area contributed by atoms with Crippen LogP contribution in [0, 0.1) is 5.41 Å². The van der Waals surface area contributed by atoms with Gasteiger partial charge >= 0.3 is 0 Å². The van der Waals surface area contributed by atoms with Crippen molar-refractivity contribution in [1.29, 1.82) is 0 Å². The van der Waals surface area contributed by atoms with E-state index in [9.17, 15) is 4.79 Å². The molecule has 1 radical (unpaired) electrons. The lowest BCUT2D eigenvalue weighted by Gasteiger charge is -2.28. The molecule has 3 heterocycles. The number of nitrogens with one attached hydrogen (secondary N) is 2. The lowest BCUT2D eigenvalue weighted by molar-refractivity contribution is -0.125. The van der Waals surface area contributed by atoms with Crippen LogP contribution in [-0.4, -0.2) is 61.3 Å². The Balaban J connectivity index is 1.30. The Morgan fingerprint density at radius 2 is 2.24 bits per heavy atom. The van der Waals surface area contributed by atoms with Crippen LogP contribution in [0.4, 0.5) is 5.69 Å². The molecular weight excluding hydrogens is 415 g/mol. The van der Waals surface area contributed by atoms with Gasteiger partial charge in [-0.15, -0.1) is 0 Å². The third kappa shape index (κ3) is 4.73. The minimum Gasteiger partial charge on any atom is -0.380 e. The first-order valence-electron chi connectivity index (χ1n) is 11.9. The second kappa shape index (κ2) is 8.99. The fourth-order valence-electron chi connectivity index (χ4n) is 4.82. The Morgan fingerprint density at radius 3 is 3.12 bits per heavy atom. The minimum atomic E-state index is -0.0747. The zero-order chi connectivity index (χ0) is 23.0. The summed E-state index contributed by atoms with van der Waals surface area (Å²) in [4.78, 5) is 17.9. The van der Waals surface area contributed by atoms with E-state index >= 15 is 0 Å². The average molecular weight is 447 g/mol. The highest BCUT2D eigenvalue weighted by Gasteiger charge is 2.29. The van der Waals surface area contributed by atoms with Crippen LogP contribution in [0.3, 0.4) is 0 Å². The molecule has 1 aliphatic carbocycles. The molecule has 1 unspecified atom stereocenters. The van der Waals surface area contributed by atoms with Gasteiger partial charge in [0.15, 0.2) is 0 Å². The zero-order valence-electron chi connectivity index (χ0n) is 19.7. The van der Waals surface area contributed by atoms with Crippen molar-refractivity contribution in [2.24, 2.45) is 5.41 Å². The Hall–Kier alpha value is -2.58. The molecule has 3 aromatic rings. The van der Waals surface area contributed by atoms with E-state index in [2.05, 4.69) is 42.4 Å². The second-order valence-corrected chi connectivity index (χ2v) is 10.1. The normalized spacial score (nSPS) is 20.2. The third-order valence-electron chi connectivity index (χ3n) is 6.92. The zero-order valence-corrected chi connectivity index (χ0v) is 19.7. The van der Waals surface area contributed by atoms with E-state index in [1.807, 2.05) is 18.2 Å². The average Bonchev–Trinajstić information content (AvgIpc) is 3.30. The first-order chi connectivity index (χ1) is 15.9. The molecule has 8 heteroatoms. The van der Waals surface area contributed by atoms with Gasteiger partial charge in [0, 0.05) is 41.5 Å². The molecular formula is C25H32BN4O3. The van der Waals surface area contributed by atoms with Crippen LogP contribution < -0.4 is 4.90 Å². The third-order valence-corrected chi connectivity index (χ3v) is 6.92. The van der Waals surface area contributed by atoms with Gasteiger partial charge in [-0.3, -0.25) is 9.89 Å². The van der Waals surface area contributed by atoms with Crippen molar-refractivity contribution in [1.82, 2.24) is 15.2 Å². The van der Waals surface area contributed by atoms with Crippen LogP contribution in [0.5, 0.6) is 0 Å². The standard InChI is InChI=1S/C25H32BN4O3/c1-25(2)7-6-19-22(12-25)28-29-24(19)21-10-16-4-5-17(11-20(16)27-21)30(3)23(31)15-33-18-13-26-8-9-32-14-18/h4-5,10-11,18,27H,6-9,12-15H2,1-3H3,(H,28,29). The summed E-state index contributed by atoms with van der Waals surface area (Å²) in [6, 6.07) is 8.18. The van der Waals surface area contributed by atoms with Gasteiger partial charge < -0.3 is 19.4 Å². The summed E-state index contributed by atoms with van der Waals surface area (Å²) >= 11 is 0. The maximum atomic E-state index is 12.7. The van der Waals surface area contributed by atoms with Crippen LogP contribution in [-0.2, 0) is 27.1 Å². The van der Waals surface area contributed by atoms with Crippen LogP contribution >= 0.6 is 0 Å². The molecule has 2 aromatic heterocycles. The molecule has 1 fully saturated rings. The van der Waals surface area contributed by atoms with Crippen LogP contribution in [0.15, 0.2) is 24.3 Å². The number of amides is 1. The van der Waals surface area contributed by atoms with E-state index in [1.165, 1.54) is 11.3 Å². The van der Waals surface area contributed by atoms with E-state index in [1.54, 1.807) is 11.9 Å². The highest BCUT2D eigenvalue weighted by molar-refractivity contribution is 6.35. The molecule has 0 saturated carbocycles. The molecule has 1 saturated heterocycles. The number of carbonyl (C=O) groups excluding carboxylic acids is 1. The minimum absolute atomic E-state index is 0.0438. The fourth-order valence-corrected chi connectivity index (χ4v) is 4.82. The summed E-state index contributed by atoms with van der Waals surface area (Å²) in [6.07, 6.45) is 4.93. The van der Waals surface area contributed by atoms with Crippen molar-refractivity contribution in [2.45, 2.75) is 51.9 Å². The smallest absolute Gasteiger partial charge is 0.252 e. The quantitative estimate of drug-likeness (QED) is 0.580. The number of hydrogen-bond acceptors (Lipinski definition) is 4. The predicted molar refractivity (Wildman–Crippen MR) is 131 cm³/mol. The number of rotatable bonds is 5. The van der Waals surface area contributed by atoms with E-state index in [0.717, 1.165) is 66.5 Å². The van der Waals surface area contributed by atoms with Gasteiger partial charge in [-0.05, 0) is 42.9 Å². The van der Waals surface area contributed by atoms with Crippen molar-refractivity contribution < 1.29 is 14.3 Å². The second-order valence-electron chi connectivity index (χ2n) is 10.1. The van der Waals surface area contributed by atoms with Crippen molar-refractivity contribution >= 4 is 29.8 Å². The monoisotopic (exact) mass is 447 g/mol. The molecule has 173 valence electrons. The molecule has 0 bridgehead atoms. The van der Waals surface area contributed by atoms with E-state index < -0.39 is 0 Å². The fraction of sp³-hybridized carbons (Fsp3) is 0.520. The van der Waals surface area contributed by atoms with Crippen LogP contribution in [0.1, 0.15) is 31.5 Å². The van der Waals surface area contributed by atoms with E-state index in [-0.39, 0.29) is 18.6 Å². The number of benzene rings is 1. The number of aromatic nitrogens is 3. The van der Waals surface area contributed by atoms with E-state index in [4.69, 9.17) is 9.47 Å². The molecule has 7 nitrogen and oxygen atoms in total. The Bertz CT molecular complexity index is 1140. The largest absolute Gasteiger partial charge is 0.380 e. The van der Waals surface area contributed by atoms with Gasteiger partial charge in [0.2, 0.25) is 0 Å². The maximum Gasteiger partial charge on any atom is 0.252 e. The van der Waals surface area contributed by atoms with E-state index in [0.29, 0.717) is 12.0 Å². The number of ether oxygens (including phenoxy) is 2. The highest BCUT2D eigenvalue weighted by atomic mass is 16.5. The first kappa shape index (κ1) is 22.2. The molecule has 33 heavy (non-hydrogen) atoms. The molecule has 1 amide bonds. The highest BCUT2D eigenvalue weighted by Crippen LogP contribution is 2.38. The van der Waals surface area contributed by atoms with Crippen molar-refractivity contribution in [2.75, 3.05) is 31.8 Å². The summed E-state index contributed by atoms with van der Waals surface area (Å²) in [5.41, 5.74) is 6.74. The number of likely N-dealkylation sites (N-methyl/N-ethyl adjacent to an activating group) is 1. The predicted octanol–water partition coefficient (Wildman–Crippen LogP) is 3.99. The summed E-state index contributed by atoms with van der Waals surface area (Å²) in [5.74, 6) is -0.0747. The molecule has 1 aromatic carbocycles. The number of nitrogens with zero attached hydrogens (tertiary/aromatic N) is 2. The van der Waals surface area contributed by atoms with Gasteiger partial charge in [0.25, 0.3) is 5.91 Å². The Labute approximate surface area is 195 Å². The van der Waals surface area contributed by atoms with Gasteiger partial charge in [-0.1, -0.05) is 32.6 Å². The van der Waals surface area contributed by atoms with Crippen molar-refractivity contribution in [3.05, 3.63) is 35.5 Å².